The maximum absolute atomic E-state index is 13.4. The summed E-state index contributed by atoms with van der Waals surface area (Å²) >= 11 is 0. The molecule has 2 fully saturated rings. The molecular formula is C27H29N7O. The zero-order valence-corrected chi connectivity index (χ0v) is 20.0. The zero-order chi connectivity index (χ0) is 23.9. The van der Waals surface area contributed by atoms with Gasteiger partial charge in [0.1, 0.15) is 6.17 Å². The van der Waals surface area contributed by atoms with Crippen LogP contribution in [-0.4, -0.2) is 59.0 Å². The van der Waals surface area contributed by atoms with Gasteiger partial charge in [-0.3, -0.25) is 19.7 Å². The Morgan fingerprint density at radius 2 is 1.97 bits per heavy atom. The van der Waals surface area contributed by atoms with E-state index in [9.17, 15) is 4.79 Å². The number of hydrogen-bond donors (Lipinski definition) is 3. The highest BCUT2D eigenvalue weighted by Gasteiger charge is 2.40. The zero-order valence-electron chi connectivity index (χ0n) is 20.0. The molecule has 2 aromatic heterocycles. The van der Waals surface area contributed by atoms with Crippen molar-refractivity contribution in [2.45, 2.75) is 25.7 Å². The van der Waals surface area contributed by atoms with Gasteiger partial charge in [-0.05, 0) is 75.1 Å². The van der Waals surface area contributed by atoms with Crippen molar-refractivity contribution in [3.8, 4) is 11.1 Å². The molecule has 1 amide bonds. The molecular weight excluding hydrogens is 438 g/mol. The van der Waals surface area contributed by atoms with Crippen LogP contribution in [0, 0.1) is 0 Å². The van der Waals surface area contributed by atoms with E-state index in [1.54, 1.807) is 6.20 Å². The number of rotatable bonds is 7. The number of nitrogens with zero attached hydrogens (tertiary/aromatic N) is 4. The Morgan fingerprint density at radius 1 is 1.09 bits per heavy atom. The summed E-state index contributed by atoms with van der Waals surface area (Å²) in [5.74, 6) is -0.137. The number of carbonyl (C=O) groups is 1. The van der Waals surface area contributed by atoms with E-state index in [1.165, 1.54) is 12.0 Å². The first kappa shape index (κ1) is 21.8. The Hall–Kier alpha value is -3.75. The molecule has 0 spiro atoms. The summed E-state index contributed by atoms with van der Waals surface area (Å²) in [7, 11) is 4.01. The van der Waals surface area contributed by atoms with E-state index < -0.39 is 0 Å². The van der Waals surface area contributed by atoms with Gasteiger partial charge in [-0.15, -0.1) is 0 Å². The molecule has 1 atom stereocenters. The highest BCUT2D eigenvalue weighted by molar-refractivity contribution is 6.28. The molecule has 6 rings (SSSR count). The average Bonchev–Trinajstić information content (AvgIpc) is 3.59. The molecule has 3 aliphatic heterocycles. The topological polar surface area (TPSA) is 95.3 Å². The van der Waals surface area contributed by atoms with Crippen molar-refractivity contribution < 1.29 is 4.79 Å². The van der Waals surface area contributed by atoms with Gasteiger partial charge >= 0.3 is 0 Å². The summed E-state index contributed by atoms with van der Waals surface area (Å²) in [4.78, 5) is 26.8. The highest BCUT2D eigenvalue weighted by atomic mass is 16.1. The lowest BCUT2D eigenvalue weighted by molar-refractivity contribution is -0.111. The first-order chi connectivity index (χ1) is 17.0. The van der Waals surface area contributed by atoms with Crippen LogP contribution in [0.3, 0.4) is 0 Å². The molecule has 1 unspecified atom stereocenters. The third kappa shape index (κ3) is 4.50. The second-order valence-corrected chi connectivity index (χ2v) is 9.71. The Kier molecular flexibility index (Phi) is 5.47. The minimum atomic E-state index is -0.137. The Balaban J connectivity index is 1.26. The van der Waals surface area contributed by atoms with Gasteiger partial charge in [0.15, 0.2) is 0 Å². The molecule has 5 heterocycles. The number of carbonyl (C=O) groups excluding carboxylic acids is 1. The van der Waals surface area contributed by atoms with Crippen LogP contribution in [0.15, 0.2) is 60.7 Å². The Morgan fingerprint density at radius 3 is 2.71 bits per heavy atom. The number of nitrogens with one attached hydrogen (secondary N) is 3. The molecule has 0 bridgehead atoms. The number of fused-ring (bicyclic) bond motifs is 2. The second-order valence-electron chi connectivity index (χ2n) is 9.71. The van der Waals surface area contributed by atoms with Crippen LogP contribution in [0.2, 0.25) is 0 Å². The molecule has 3 N–H and O–H groups in total. The predicted octanol–water partition coefficient (Wildman–Crippen LogP) is 3.12. The van der Waals surface area contributed by atoms with Gasteiger partial charge in [0, 0.05) is 42.3 Å². The molecule has 1 aromatic carbocycles. The van der Waals surface area contributed by atoms with Crippen LogP contribution in [-0.2, 0) is 17.9 Å². The summed E-state index contributed by atoms with van der Waals surface area (Å²) in [6.45, 7) is 3.99. The number of hydrogen-bond acceptors (Lipinski definition) is 7. The van der Waals surface area contributed by atoms with Crippen LogP contribution in [0.1, 0.15) is 23.2 Å². The molecule has 8 heteroatoms. The predicted molar refractivity (Wildman–Crippen MR) is 137 cm³/mol. The minimum absolute atomic E-state index is 0.0104. The van der Waals surface area contributed by atoms with E-state index in [-0.39, 0.29) is 12.1 Å². The number of likely N-dealkylation sites (tertiary alicyclic amines) is 1. The summed E-state index contributed by atoms with van der Waals surface area (Å²) in [6, 6.07) is 12.3. The van der Waals surface area contributed by atoms with Gasteiger partial charge in [-0.2, -0.15) is 0 Å². The fraction of sp³-hybridized carbons (Fsp3) is 0.296. The molecule has 0 saturated carbocycles. The van der Waals surface area contributed by atoms with Crippen molar-refractivity contribution in [3.63, 3.8) is 0 Å². The van der Waals surface area contributed by atoms with Crippen molar-refractivity contribution in [2.75, 3.05) is 37.8 Å². The van der Waals surface area contributed by atoms with Gasteiger partial charge in [-0.1, -0.05) is 6.07 Å². The first-order valence-electron chi connectivity index (χ1n) is 12.0. The van der Waals surface area contributed by atoms with E-state index in [0.29, 0.717) is 11.3 Å². The largest absolute Gasteiger partial charge is 0.360 e. The van der Waals surface area contributed by atoms with E-state index in [1.807, 2.05) is 38.6 Å². The van der Waals surface area contributed by atoms with Crippen LogP contribution in [0.25, 0.3) is 16.7 Å². The normalized spacial score (nSPS) is 18.2. The Labute approximate surface area is 205 Å². The molecule has 0 radical (unpaired) electrons. The minimum Gasteiger partial charge on any atom is -0.360 e. The van der Waals surface area contributed by atoms with Crippen LogP contribution < -0.4 is 16.0 Å². The summed E-state index contributed by atoms with van der Waals surface area (Å²) < 4.78 is 0. The molecule has 2 saturated heterocycles. The van der Waals surface area contributed by atoms with E-state index in [0.717, 1.165) is 59.9 Å². The van der Waals surface area contributed by atoms with Gasteiger partial charge in [0.05, 0.1) is 28.8 Å². The van der Waals surface area contributed by atoms with Crippen LogP contribution in [0.4, 0.5) is 11.4 Å². The lowest BCUT2D eigenvalue weighted by Gasteiger charge is -2.30. The highest BCUT2D eigenvalue weighted by Crippen LogP contribution is 2.40. The number of pyridine rings is 2. The maximum Gasteiger partial charge on any atom is 0.258 e. The summed E-state index contributed by atoms with van der Waals surface area (Å²) in [5.41, 5.74) is 8.39. The number of amides is 1. The maximum atomic E-state index is 13.4. The molecule has 178 valence electrons. The fourth-order valence-corrected chi connectivity index (χ4v) is 4.68. The van der Waals surface area contributed by atoms with Crippen molar-refractivity contribution in [1.82, 2.24) is 25.1 Å². The lowest BCUT2D eigenvalue weighted by atomic mass is 9.94. The molecule has 8 nitrogen and oxygen atoms in total. The monoisotopic (exact) mass is 467 g/mol. The standard InChI is InChI=1S/C27H29N7O/c1-33(2)16-21-6-5-20(14-29-21)30-27(35)24-22-11-18(4-7-23(22)31-26-25(24)32-26)19-10-17(12-28-13-19)15-34-8-3-9-34/h4-7,10-14,26,31-32H,3,8-9,15-16H2,1-2H3,(H,30,35). The first-order valence-corrected chi connectivity index (χ1v) is 12.0. The van der Waals surface area contributed by atoms with Crippen LogP contribution in [0.5, 0.6) is 0 Å². The van der Waals surface area contributed by atoms with Gasteiger partial charge in [0.2, 0.25) is 0 Å². The Bertz CT molecular complexity index is 1310. The van der Waals surface area contributed by atoms with Crippen molar-refractivity contribution >= 4 is 22.9 Å². The molecule has 35 heavy (non-hydrogen) atoms. The summed E-state index contributed by atoms with van der Waals surface area (Å²) in [5, 5.41) is 9.78. The van der Waals surface area contributed by atoms with Crippen LogP contribution >= 0.6 is 0 Å². The van der Waals surface area contributed by atoms with Crippen molar-refractivity contribution in [3.05, 3.63) is 77.5 Å². The SMILES string of the molecule is CN(C)Cc1ccc(NC(=O)C2=C3NC3Nc3ccc(-c4cncc(CN5CCC5)c4)cc32)cn1. The van der Waals surface area contributed by atoms with Crippen molar-refractivity contribution in [1.29, 1.82) is 0 Å². The number of anilines is 2. The fourth-order valence-electron chi connectivity index (χ4n) is 4.68. The van der Waals surface area contributed by atoms with Gasteiger partial charge in [0.25, 0.3) is 5.91 Å². The quantitative estimate of drug-likeness (QED) is 0.460. The lowest BCUT2D eigenvalue weighted by Crippen LogP contribution is -2.36. The third-order valence-corrected chi connectivity index (χ3v) is 6.63. The smallest absolute Gasteiger partial charge is 0.258 e. The molecule has 3 aliphatic rings. The van der Waals surface area contributed by atoms with E-state index in [4.69, 9.17) is 0 Å². The summed E-state index contributed by atoms with van der Waals surface area (Å²) in [6.07, 6.45) is 6.84. The second kappa shape index (κ2) is 8.79. The molecule has 3 aromatic rings. The van der Waals surface area contributed by atoms with Gasteiger partial charge < -0.3 is 20.9 Å². The van der Waals surface area contributed by atoms with E-state index in [2.05, 4.69) is 60.0 Å². The van der Waals surface area contributed by atoms with Crippen molar-refractivity contribution in [2.24, 2.45) is 0 Å². The average molecular weight is 468 g/mol. The molecule has 0 aliphatic carbocycles. The number of benzene rings is 1. The van der Waals surface area contributed by atoms with E-state index >= 15 is 0 Å². The van der Waals surface area contributed by atoms with Gasteiger partial charge in [-0.25, -0.2) is 0 Å². The number of aromatic nitrogens is 2. The third-order valence-electron chi connectivity index (χ3n) is 6.63.